The van der Waals surface area contributed by atoms with Crippen LogP contribution in [0.3, 0.4) is 0 Å². The Kier molecular flexibility index (Phi) is 3.94. The molecule has 1 aliphatic rings. The van der Waals surface area contributed by atoms with E-state index in [4.69, 9.17) is 0 Å². The molecular formula is C12H17N5O2. The summed E-state index contributed by atoms with van der Waals surface area (Å²) in [7, 11) is 1.57. The van der Waals surface area contributed by atoms with Crippen LogP contribution < -0.4 is 10.2 Å². The maximum atomic E-state index is 11.9. The molecule has 0 aliphatic carbocycles. The molecule has 0 radical (unpaired) electrons. The zero-order valence-electron chi connectivity index (χ0n) is 11.0. The summed E-state index contributed by atoms with van der Waals surface area (Å²) in [5, 5.41) is 2.59. The molecule has 2 heterocycles. The van der Waals surface area contributed by atoms with E-state index in [1.165, 1.54) is 6.92 Å². The SMILES string of the molecule is CNC(=O)C1CN(c2ncccn2)CCN1C(C)=O. The van der Waals surface area contributed by atoms with Crippen LogP contribution in [0.2, 0.25) is 0 Å². The Bertz CT molecular complexity index is 464. The van der Waals surface area contributed by atoms with Gasteiger partial charge in [0.25, 0.3) is 0 Å². The maximum absolute atomic E-state index is 11.9. The van der Waals surface area contributed by atoms with E-state index in [-0.39, 0.29) is 11.8 Å². The molecule has 1 atom stereocenters. The Morgan fingerprint density at radius 2 is 2.00 bits per heavy atom. The monoisotopic (exact) mass is 263 g/mol. The second-order valence-electron chi connectivity index (χ2n) is 4.34. The van der Waals surface area contributed by atoms with E-state index < -0.39 is 6.04 Å². The minimum Gasteiger partial charge on any atom is -0.357 e. The highest BCUT2D eigenvalue weighted by Crippen LogP contribution is 2.15. The Morgan fingerprint density at radius 1 is 1.32 bits per heavy atom. The maximum Gasteiger partial charge on any atom is 0.244 e. The molecule has 1 N–H and O–H groups in total. The van der Waals surface area contributed by atoms with Crippen LogP contribution in [-0.2, 0) is 9.59 Å². The van der Waals surface area contributed by atoms with Gasteiger partial charge >= 0.3 is 0 Å². The number of aromatic nitrogens is 2. The third-order valence-corrected chi connectivity index (χ3v) is 3.17. The van der Waals surface area contributed by atoms with E-state index in [2.05, 4.69) is 15.3 Å². The number of amides is 2. The van der Waals surface area contributed by atoms with Gasteiger partial charge in [0.1, 0.15) is 6.04 Å². The molecule has 7 nitrogen and oxygen atoms in total. The standard InChI is InChI=1S/C12H17N5O2/c1-9(18)17-7-6-16(8-10(17)11(19)13-2)12-14-4-3-5-15-12/h3-5,10H,6-8H2,1-2H3,(H,13,19). The van der Waals surface area contributed by atoms with Gasteiger partial charge in [-0.15, -0.1) is 0 Å². The first kappa shape index (κ1) is 13.3. The number of piperazine rings is 1. The van der Waals surface area contributed by atoms with E-state index >= 15 is 0 Å². The number of carbonyl (C=O) groups is 2. The largest absolute Gasteiger partial charge is 0.357 e. The molecule has 0 aromatic carbocycles. The van der Waals surface area contributed by atoms with Crippen molar-refractivity contribution in [2.24, 2.45) is 0 Å². The van der Waals surface area contributed by atoms with Gasteiger partial charge in [-0.05, 0) is 6.07 Å². The number of hydrogen-bond donors (Lipinski definition) is 1. The number of hydrogen-bond acceptors (Lipinski definition) is 5. The van der Waals surface area contributed by atoms with Crippen molar-refractivity contribution < 1.29 is 9.59 Å². The van der Waals surface area contributed by atoms with Crippen LogP contribution in [-0.4, -0.2) is 59.4 Å². The van der Waals surface area contributed by atoms with Crippen molar-refractivity contribution in [3.63, 3.8) is 0 Å². The first-order valence-corrected chi connectivity index (χ1v) is 6.14. The fraction of sp³-hybridized carbons (Fsp3) is 0.500. The van der Waals surface area contributed by atoms with Crippen LogP contribution >= 0.6 is 0 Å². The topological polar surface area (TPSA) is 78.4 Å². The van der Waals surface area contributed by atoms with E-state index in [0.29, 0.717) is 25.6 Å². The molecule has 7 heteroatoms. The molecule has 1 fully saturated rings. The molecule has 0 bridgehead atoms. The molecule has 0 spiro atoms. The third-order valence-electron chi connectivity index (χ3n) is 3.17. The van der Waals surface area contributed by atoms with Crippen LogP contribution in [0.25, 0.3) is 0 Å². The molecule has 2 rings (SSSR count). The molecule has 2 amide bonds. The highest BCUT2D eigenvalue weighted by molar-refractivity contribution is 5.87. The predicted octanol–water partition coefficient (Wildman–Crippen LogP) is -0.740. The van der Waals surface area contributed by atoms with Gasteiger partial charge in [-0.25, -0.2) is 9.97 Å². The van der Waals surface area contributed by atoms with E-state index in [9.17, 15) is 9.59 Å². The summed E-state index contributed by atoms with van der Waals surface area (Å²) in [5.74, 6) is 0.317. The van der Waals surface area contributed by atoms with Gasteiger partial charge in [-0.1, -0.05) is 0 Å². The van der Waals surface area contributed by atoms with Gasteiger partial charge in [0.15, 0.2) is 0 Å². The smallest absolute Gasteiger partial charge is 0.244 e. The van der Waals surface area contributed by atoms with Crippen molar-refractivity contribution in [3.8, 4) is 0 Å². The van der Waals surface area contributed by atoms with Crippen LogP contribution in [0.15, 0.2) is 18.5 Å². The Hall–Kier alpha value is -2.18. The van der Waals surface area contributed by atoms with Gasteiger partial charge in [-0.3, -0.25) is 9.59 Å². The summed E-state index contributed by atoms with van der Waals surface area (Å²) in [5.41, 5.74) is 0. The molecule has 19 heavy (non-hydrogen) atoms. The van der Waals surface area contributed by atoms with Crippen LogP contribution in [0.4, 0.5) is 5.95 Å². The van der Waals surface area contributed by atoms with Crippen molar-refractivity contribution in [2.45, 2.75) is 13.0 Å². The summed E-state index contributed by atoms with van der Waals surface area (Å²) in [6.07, 6.45) is 3.32. The van der Waals surface area contributed by atoms with Crippen molar-refractivity contribution in [3.05, 3.63) is 18.5 Å². The molecule has 1 saturated heterocycles. The highest BCUT2D eigenvalue weighted by Gasteiger charge is 2.34. The summed E-state index contributed by atoms with van der Waals surface area (Å²) >= 11 is 0. The zero-order chi connectivity index (χ0) is 13.8. The normalized spacial score (nSPS) is 19.2. The number of nitrogens with zero attached hydrogens (tertiary/aromatic N) is 4. The van der Waals surface area contributed by atoms with Crippen molar-refractivity contribution in [1.29, 1.82) is 0 Å². The van der Waals surface area contributed by atoms with Gasteiger partial charge in [-0.2, -0.15) is 0 Å². The average Bonchev–Trinajstić information content (AvgIpc) is 2.46. The first-order valence-electron chi connectivity index (χ1n) is 6.14. The lowest BCUT2D eigenvalue weighted by molar-refractivity contribution is -0.139. The second-order valence-corrected chi connectivity index (χ2v) is 4.34. The van der Waals surface area contributed by atoms with Gasteiger partial charge in [0.05, 0.1) is 6.54 Å². The third kappa shape index (κ3) is 2.81. The Morgan fingerprint density at radius 3 is 2.58 bits per heavy atom. The zero-order valence-corrected chi connectivity index (χ0v) is 11.0. The lowest BCUT2D eigenvalue weighted by atomic mass is 10.1. The highest BCUT2D eigenvalue weighted by atomic mass is 16.2. The molecule has 1 unspecified atom stereocenters. The molecule has 102 valence electrons. The number of rotatable bonds is 2. The van der Waals surface area contributed by atoms with E-state index in [1.807, 2.05) is 4.90 Å². The number of carbonyl (C=O) groups excluding carboxylic acids is 2. The second kappa shape index (κ2) is 5.64. The quantitative estimate of drug-likeness (QED) is 0.760. The fourth-order valence-electron chi connectivity index (χ4n) is 2.19. The molecule has 1 aromatic rings. The Balaban J connectivity index is 2.17. The Labute approximate surface area is 111 Å². The number of nitrogens with one attached hydrogen (secondary N) is 1. The lowest BCUT2D eigenvalue weighted by Gasteiger charge is -2.39. The average molecular weight is 263 g/mol. The molecule has 1 aromatic heterocycles. The number of anilines is 1. The van der Waals surface area contributed by atoms with Gasteiger partial charge < -0.3 is 15.1 Å². The van der Waals surface area contributed by atoms with Crippen LogP contribution in [0, 0.1) is 0 Å². The summed E-state index contributed by atoms with van der Waals surface area (Å²) < 4.78 is 0. The summed E-state index contributed by atoms with van der Waals surface area (Å²) in [6.45, 7) is 3.00. The molecule has 1 aliphatic heterocycles. The molecular weight excluding hydrogens is 246 g/mol. The van der Waals surface area contributed by atoms with Gasteiger partial charge in [0, 0.05) is 39.5 Å². The minimum absolute atomic E-state index is 0.0952. The van der Waals surface area contributed by atoms with Gasteiger partial charge in [0.2, 0.25) is 17.8 Å². The van der Waals surface area contributed by atoms with Crippen LogP contribution in [0.5, 0.6) is 0 Å². The first-order chi connectivity index (χ1) is 9.13. The van der Waals surface area contributed by atoms with E-state index in [0.717, 1.165) is 0 Å². The van der Waals surface area contributed by atoms with E-state index in [1.54, 1.807) is 30.4 Å². The summed E-state index contributed by atoms with van der Waals surface area (Å²) in [6, 6.07) is 1.24. The van der Waals surface area contributed by atoms with Crippen molar-refractivity contribution in [2.75, 3.05) is 31.6 Å². The summed E-state index contributed by atoms with van der Waals surface area (Å²) in [4.78, 5) is 35.3. The predicted molar refractivity (Wildman–Crippen MR) is 69.5 cm³/mol. The van der Waals surface area contributed by atoms with Crippen LogP contribution in [0.1, 0.15) is 6.92 Å². The van der Waals surface area contributed by atoms with Crippen molar-refractivity contribution >= 4 is 17.8 Å². The number of likely N-dealkylation sites (N-methyl/N-ethyl adjacent to an activating group) is 1. The fourth-order valence-corrected chi connectivity index (χ4v) is 2.19. The van der Waals surface area contributed by atoms with Crippen molar-refractivity contribution in [1.82, 2.24) is 20.2 Å². The minimum atomic E-state index is -0.500. The molecule has 0 saturated carbocycles. The lowest BCUT2D eigenvalue weighted by Crippen LogP contribution is -2.60.